The molecule has 2 N–H and O–H groups in total. The maximum absolute atomic E-state index is 5.27. The van der Waals surface area contributed by atoms with Gasteiger partial charge in [-0.05, 0) is 19.1 Å². The van der Waals surface area contributed by atoms with Crippen molar-refractivity contribution in [3.63, 3.8) is 0 Å². The maximum atomic E-state index is 5.27. The molecule has 0 aliphatic rings. The van der Waals surface area contributed by atoms with Crippen LogP contribution in [0.1, 0.15) is 24.4 Å². The van der Waals surface area contributed by atoms with Gasteiger partial charge in [0.25, 0.3) is 0 Å². The van der Waals surface area contributed by atoms with Crippen molar-refractivity contribution in [2.24, 2.45) is 4.99 Å². The van der Waals surface area contributed by atoms with Gasteiger partial charge in [0.05, 0.1) is 6.26 Å². The largest absolute Gasteiger partial charge is 0.469 e. The average Bonchev–Trinajstić information content (AvgIpc) is 3.07. The van der Waals surface area contributed by atoms with Gasteiger partial charge in [-0.2, -0.15) is 4.98 Å². The molecule has 0 atom stereocenters. The lowest BCUT2D eigenvalue weighted by Crippen LogP contribution is -2.38. The van der Waals surface area contributed by atoms with Crippen LogP contribution >= 0.6 is 24.0 Å². The van der Waals surface area contributed by atoms with Gasteiger partial charge < -0.3 is 19.6 Å². The van der Waals surface area contributed by atoms with Crippen molar-refractivity contribution in [3.05, 3.63) is 35.9 Å². The fourth-order valence-corrected chi connectivity index (χ4v) is 1.66. The molecule has 0 saturated carbocycles. The first-order chi connectivity index (χ1) is 9.78. The number of halogens is 1. The minimum absolute atomic E-state index is 0. The number of hydrogen-bond donors (Lipinski definition) is 2. The minimum Gasteiger partial charge on any atom is -0.469 e. The molecule has 2 aromatic heterocycles. The van der Waals surface area contributed by atoms with E-state index in [9.17, 15) is 0 Å². The molecule has 2 rings (SSSR count). The van der Waals surface area contributed by atoms with Gasteiger partial charge in [-0.15, -0.1) is 24.0 Å². The van der Waals surface area contributed by atoms with Crippen LogP contribution in [0.4, 0.5) is 0 Å². The van der Waals surface area contributed by atoms with Crippen LogP contribution in [0.2, 0.25) is 0 Å². The van der Waals surface area contributed by atoms with Crippen molar-refractivity contribution in [1.29, 1.82) is 0 Å². The number of aryl methyl sites for hydroxylation is 1. The quantitative estimate of drug-likeness (QED) is 0.434. The lowest BCUT2D eigenvalue weighted by atomic mass is 10.3. The van der Waals surface area contributed by atoms with E-state index in [1.54, 1.807) is 13.2 Å². The Balaban J connectivity index is 0.00000220. The van der Waals surface area contributed by atoms with Gasteiger partial charge in [0.1, 0.15) is 12.3 Å². The molecule has 8 heteroatoms. The molecule has 2 aromatic rings. The molecule has 0 unspecified atom stereocenters. The van der Waals surface area contributed by atoms with E-state index in [1.807, 2.05) is 19.1 Å². The third-order valence-corrected chi connectivity index (χ3v) is 2.54. The van der Waals surface area contributed by atoms with Crippen LogP contribution in [0.5, 0.6) is 0 Å². The summed E-state index contributed by atoms with van der Waals surface area (Å²) in [4.78, 5) is 8.50. The van der Waals surface area contributed by atoms with Crippen LogP contribution in [0.15, 0.2) is 32.3 Å². The Labute approximate surface area is 140 Å². The monoisotopic (exact) mass is 405 g/mol. The van der Waals surface area contributed by atoms with Crippen LogP contribution in [0.3, 0.4) is 0 Å². The van der Waals surface area contributed by atoms with Crippen LogP contribution in [0.25, 0.3) is 0 Å². The third kappa shape index (κ3) is 6.15. The summed E-state index contributed by atoms with van der Waals surface area (Å²) in [5.74, 6) is 2.79. The molecule has 116 valence electrons. The Morgan fingerprint density at radius 2 is 2.24 bits per heavy atom. The van der Waals surface area contributed by atoms with Crippen molar-refractivity contribution in [2.75, 3.05) is 13.1 Å². The van der Waals surface area contributed by atoms with Crippen molar-refractivity contribution < 1.29 is 8.94 Å². The maximum Gasteiger partial charge on any atom is 0.223 e. The number of guanidine groups is 1. The standard InChI is InChI=1S/C13H19N5O2.HI/c1-3-14-13(15-7-6-11-5-4-8-19-11)16-9-12-17-10(2)20-18-12;/h4-5,8H,3,6-7,9H2,1-2H3,(H2,14,15,16);1H. The van der Waals surface area contributed by atoms with E-state index in [2.05, 4.69) is 25.8 Å². The zero-order chi connectivity index (χ0) is 14.2. The number of aliphatic imine (C=N–C) groups is 1. The second kappa shape index (κ2) is 9.37. The van der Waals surface area contributed by atoms with E-state index in [0.717, 1.165) is 31.2 Å². The zero-order valence-electron chi connectivity index (χ0n) is 12.1. The second-order valence-electron chi connectivity index (χ2n) is 4.18. The number of furan rings is 1. The van der Waals surface area contributed by atoms with Crippen LogP contribution in [0, 0.1) is 6.92 Å². The third-order valence-electron chi connectivity index (χ3n) is 2.54. The van der Waals surface area contributed by atoms with E-state index in [0.29, 0.717) is 18.3 Å². The SMILES string of the molecule is CCNC(=NCc1noc(C)n1)NCCc1ccco1.I. The molecular formula is C13H20IN5O2. The summed E-state index contributed by atoms with van der Waals surface area (Å²) >= 11 is 0. The fourth-order valence-electron chi connectivity index (χ4n) is 1.66. The van der Waals surface area contributed by atoms with Gasteiger partial charge >= 0.3 is 0 Å². The van der Waals surface area contributed by atoms with Crippen molar-refractivity contribution in [3.8, 4) is 0 Å². The molecule has 0 spiro atoms. The lowest BCUT2D eigenvalue weighted by Gasteiger charge is -2.09. The molecule has 0 aromatic carbocycles. The molecule has 7 nitrogen and oxygen atoms in total. The van der Waals surface area contributed by atoms with Crippen LogP contribution < -0.4 is 10.6 Å². The summed E-state index contributed by atoms with van der Waals surface area (Å²) in [5, 5.41) is 10.2. The average molecular weight is 405 g/mol. The number of rotatable bonds is 6. The predicted molar refractivity (Wildman–Crippen MR) is 89.7 cm³/mol. The highest BCUT2D eigenvalue weighted by Gasteiger charge is 2.03. The molecule has 2 heterocycles. The zero-order valence-corrected chi connectivity index (χ0v) is 14.5. The van der Waals surface area contributed by atoms with Gasteiger partial charge in [-0.3, -0.25) is 0 Å². The smallest absolute Gasteiger partial charge is 0.223 e. The van der Waals surface area contributed by atoms with Crippen molar-refractivity contribution >= 4 is 29.9 Å². The molecule has 0 aliphatic heterocycles. The van der Waals surface area contributed by atoms with E-state index in [1.165, 1.54) is 0 Å². The Kier molecular flexibility index (Phi) is 7.80. The van der Waals surface area contributed by atoms with E-state index >= 15 is 0 Å². The van der Waals surface area contributed by atoms with Crippen LogP contribution in [-0.4, -0.2) is 29.2 Å². The Hall–Kier alpha value is -1.58. The first kappa shape index (κ1) is 17.5. The van der Waals surface area contributed by atoms with E-state index < -0.39 is 0 Å². The molecule has 0 aliphatic carbocycles. The first-order valence-electron chi connectivity index (χ1n) is 6.61. The minimum atomic E-state index is 0. The fraction of sp³-hybridized carbons (Fsp3) is 0.462. The van der Waals surface area contributed by atoms with Gasteiger partial charge in [-0.25, -0.2) is 4.99 Å². The van der Waals surface area contributed by atoms with E-state index in [-0.39, 0.29) is 24.0 Å². The van der Waals surface area contributed by atoms with Gasteiger partial charge in [0, 0.05) is 26.4 Å². The topological polar surface area (TPSA) is 88.5 Å². The predicted octanol–water partition coefficient (Wildman–Crippen LogP) is 1.89. The highest BCUT2D eigenvalue weighted by atomic mass is 127. The molecular weight excluding hydrogens is 385 g/mol. The highest BCUT2D eigenvalue weighted by Crippen LogP contribution is 1.99. The van der Waals surface area contributed by atoms with Gasteiger partial charge in [-0.1, -0.05) is 5.16 Å². The summed E-state index contributed by atoms with van der Waals surface area (Å²) in [6.45, 7) is 5.69. The summed E-state index contributed by atoms with van der Waals surface area (Å²) < 4.78 is 10.2. The highest BCUT2D eigenvalue weighted by molar-refractivity contribution is 14.0. The molecule has 21 heavy (non-hydrogen) atoms. The van der Waals surface area contributed by atoms with E-state index in [4.69, 9.17) is 8.94 Å². The summed E-state index contributed by atoms with van der Waals surface area (Å²) in [6, 6.07) is 3.83. The second-order valence-corrected chi connectivity index (χ2v) is 4.18. The summed E-state index contributed by atoms with van der Waals surface area (Å²) in [5.41, 5.74) is 0. The van der Waals surface area contributed by atoms with Crippen LogP contribution in [-0.2, 0) is 13.0 Å². The van der Waals surface area contributed by atoms with Gasteiger partial charge in [0.15, 0.2) is 11.8 Å². The number of nitrogens with zero attached hydrogens (tertiary/aromatic N) is 3. The first-order valence-corrected chi connectivity index (χ1v) is 6.61. The number of nitrogens with one attached hydrogen (secondary N) is 2. The normalized spacial score (nSPS) is 11.0. The Morgan fingerprint density at radius 1 is 1.38 bits per heavy atom. The van der Waals surface area contributed by atoms with Gasteiger partial charge in [0.2, 0.25) is 5.89 Å². The number of hydrogen-bond acceptors (Lipinski definition) is 5. The molecule has 0 amide bonds. The summed E-state index contributed by atoms with van der Waals surface area (Å²) in [6.07, 6.45) is 2.48. The molecule has 0 saturated heterocycles. The van der Waals surface area contributed by atoms with Crippen molar-refractivity contribution in [1.82, 2.24) is 20.8 Å². The molecule has 0 bridgehead atoms. The Morgan fingerprint density at radius 3 is 2.86 bits per heavy atom. The number of aromatic nitrogens is 2. The molecule has 0 fully saturated rings. The van der Waals surface area contributed by atoms with Crippen molar-refractivity contribution in [2.45, 2.75) is 26.8 Å². The summed E-state index contributed by atoms with van der Waals surface area (Å²) in [7, 11) is 0. The Bertz CT molecular complexity index is 539. The molecule has 0 radical (unpaired) electrons. The lowest BCUT2D eigenvalue weighted by molar-refractivity contribution is 0.387.